The molecule has 3 rings (SSSR count). The minimum Gasteiger partial charge on any atom is -0.375 e. The molecule has 0 bridgehead atoms. The maximum absolute atomic E-state index is 11.6. The molecule has 0 atom stereocenters. The van der Waals surface area contributed by atoms with E-state index in [2.05, 4.69) is 5.10 Å². The van der Waals surface area contributed by atoms with Gasteiger partial charge in [-0.3, -0.25) is 14.6 Å². The summed E-state index contributed by atoms with van der Waals surface area (Å²) in [6, 6.07) is 0.521. The highest BCUT2D eigenvalue weighted by atomic mass is 16.5. The molecule has 1 saturated carbocycles. The van der Waals surface area contributed by atoms with Crippen molar-refractivity contribution in [2.45, 2.75) is 38.3 Å². The lowest BCUT2D eigenvalue weighted by molar-refractivity contribution is 0.0996. The van der Waals surface area contributed by atoms with Gasteiger partial charge in [0, 0.05) is 12.0 Å². The Labute approximate surface area is 81.9 Å². The summed E-state index contributed by atoms with van der Waals surface area (Å²) >= 11 is 0. The molecule has 0 amide bonds. The van der Waals surface area contributed by atoms with Gasteiger partial charge in [0.2, 0.25) is 0 Å². The van der Waals surface area contributed by atoms with Gasteiger partial charge in [0.1, 0.15) is 0 Å². The van der Waals surface area contributed by atoms with E-state index in [0.717, 1.165) is 17.7 Å². The third-order valence-electron chi connectivity index (χ3n) is 3.31. The highest BCUT2D eigenvalue weighted by Gasteiger charge is 2.26. The molecule has 76 valence electrons. The Balaban J connectivity index is 2.06. The van der Waals surface area contributed by atoms with Gasteiger partial charge in [0.15, 0.2) is 0 Å². The van der Waals surface area contributed by atoms with Crippen LogP contribution in [0.3, 0.4) is 0 Å². The minimum atomic E-state index is 0.0928. The van der Waals surface area contributed by atoms with Crippen molar-refractivity contribution in [1.29, 1.82) is 0 Å². The molecule has 0 unspecified atom stereocenters. The van der Waals surface area contributed by atoms with Gasteiger partial charge in [-0.05, 0) is 19.3 Å². The highest BCUT2D eigenvalue weighted by molar-refractivity contribution is 5.20. The molecule has 1 aromatic heterocycles. The first-order chi connectivity index (χ1) is 6.86. The lowest BCUT2D eigenvalue weighted by atomic mass is 9.93. The number of ether oxygens (including phenoxy) is 1. The maximum atomic E-state index is 11.6. The standard InChI is InChI=1S/C10H14N2O2/c13-10-8-4-5-14-6-9(8)12(11-10)7-2-1-3-7/h7H,1-6H2,(H,11,13). The van der Waals surface area contributed by atoms with Crippen molar-refractivity contribution in [3.63, 3.8) is 0 Å². The molecule has 0 saturated heterocycles. The number of aromatic amines is 1. The molecular weight excluding hydrogens is 180 g/mol. The molecule has 0 radical (unpaired) electrons. The van der Waals surface area contributed by atoms with Gasteiger partial charge in [0.05, 0.1) is 24.9 Å². The molecule has 1 aliphatic heterocycles. The summed E-state index contributed by atoms with van der Waals surface area (Å²) in [6.45, 7) is 1.29. The molecule has 1 N–H and O–H groups in total. The molecular formula is C10H14N2O2. The number of hydrogen-bond donors (Lipinski definition) is 1. The summed E-state index contributed by atoms with van der Waals surface area (Å²) in [4.78, 5) is 11.6. The highest BCUT2D eigenvalue weighted by Crippen LogP contribution is 2.32. The number of nitrogens with zero attached hydrogens (tertiary/aromatic N) is 1. The van der Waals surface area contributed by atoms with Crippen LogP contribution in [-0.2, 0) is 17.8 Å². The molecule has 2 aliphatic rings. The Morgan fingerprint density at radius 2 is 2.29 bits per heavy atom. The lowest BCUT2D eigenvalue weighted by Crippen LogP contribution is -2.22. The number of hydrogen-bond acceptors (Lipinski definition) is 2. The van der Waals surface area contributed by atoms with E-state index in [-0.39, 0.29) is 5.56 Å². The molecule has 4 heteroatoms. The molecule has 1 aromatic rings. The topological polar surface area (TPSA) is 47.0 Å². The molecule has 1 aliphatic carbocycles. The van der Waals surface area contributed by atoms with Crippen LogP contribution in [0.2, 0.25) is 0 Å². The van der Waals surface area contributed by atoms with Gasteiger partial charge < -0.3 is 4.74 Å². The van der Waals surface area contributed by atoms with E-state index in [9.17, 15) is 4.79 Å². The van der Waals surface area contributed by atoms with Crippen LogP contribution in [0.15, 0.2) is 4.79 Å². The van der Waals surface area contributed by atoms with Gasteiger partial charge in [-0.2, -0.15) is 0 Å². The second kappa shape index (κ2) is 2.98. The Hall–Kier alpha value is -1.03. The van der Waals surface area contributed by atoms with Crippen LogP contribution in [0.5, 0.6) is 0 Å². The summed E-state index contributed by atoms with van der Waals surface area (Å²) in [5.74, 6) is 0. The van der Waals surface area contributed by atoms with Crippen molar-refractivity contribution in [2.75, 3.05) is 6.61 Å². The van der Waals surface area contributed by atoms with Gasteiger partial charge in [-0.25, -0.2) is 0 Å². The average molecular weight is 194 g/mol. The van der Waals surface area contributed by atoms with E-state index >= 15 is 0 Å². The van der Waals surface area contributed by atoms with Crippen LogP contribution in [0.4, 0.5) is 0 Å². The molecule has 14 heavy (non-hydrogen) atoms. The van der Waals surface area contributed by atoms with E-state index in [4.69, 9.17) is 4.74 Å². The summed E-state index contributed by atoms with van der Waals surface area (Å²) in [5, 5.41) is 2.94. The normalized spacial score (nSPS) is 21.7. The van der Waals surface area contributed by atoms with Crippen LogP contribution in [0.1, 0.15) is 36.6 Å². The second-order valence-corrected chi connectivity index (χ2v) is 4.12. The van der Waals surface area contributed by atoms with Crippen LogP contribution in [0, 0.1) is 0 Å². The number of H-pyrrole nitrogens is 1. The van der Waals surface area contributed by atoms with Crippen molar-refractivity contribution in [2.24, 2.45) is 0 Å². The fourth-order valence-electron chi connectivity index (χ4n) is 2.23. The van der Waals surface area contributed by atoms with Crippen LogP contribution < -0.4 is 5.56 Å². The summed E-state index contributed by atoms with van der Waals surface area (Å²) < 4.78 is 7.43. The van der Waals surface area contributed by atoms with E-state index < -0.39 is 0 Å². The number of fused-ring (bicyclic) bond motifs is 1. The van der Waals surface area contributed by atoms with E-state index in [1.165, 1.54) is 19.3 Å². The largest absolute Gasteiger partial charge is 0.375 e. The fraction of sp³-hybridized carbons (Fsp3) is 0.700. The SMILES string of the molecule is O=c1[nH]n(C2CCC2)c2c1CCOC2. The summed E-state index contributed by atoms with van der Waals surface area (Å²) in [6.07, 6.45) is 4.43. The third kappa shape index (κ3) is 1.07. The predicted molar refractivity (Wildman–Crippen MR) is 51.3 cm³/mol. The lowest BCUT2D eigenvalue weighted by Gasteiger charge is -2.29. The number of nitrogens with one attached hydrogen (secondary N) is 1. The zero-order chi connectivity index (χ0) is 9.54. The van der Waals surface area contributed by atoms with E-state index in [0.29, 0.717) is 19.3 Å². The Morgan fingerprint density at radius 3 is 3.00 bits per heavy atom. The molecule has 4 nitrogen and oxygen atoms in total. The van der Waals surface area contributed by atoms with Gasteiger partial charge in [0.25, 0.3) is 5.56 Å². The van der Waals surface area contributed by atoms with Crippen molar-refractivity contribution in [3.8, 4) is 0 Å². The minimum absolute atomic E-state index is 0.0928. The van der Waals surface area contributed by atoms with Crippen LogP contribution >= 0.6 is 0 Å². The van der Waals surface area contributed by atoms with Gasteiger partial charge in [-0.15, -0.1) is 0 Å². The first-order valence-electron chi connectivity index (χ1n) is 5.26. The summed E-state index contributed by atoms with van der Waals surface area (Å²) in [5.41, 5.74) is 2.13. The first kappa shape index (κ1) is 8.29. The first-order valence-corrected chi connectivity index (χ1v) is 5.26. The average Bonchev–Trinajstić information content (AvgIpc) is 2.43. The smallest absolute Gasteiger partial charge is 0.267 e. The third-order valence-corrected chi connectivity index (χ3v) is 3.31. The zero-order valence-electron chi connectivity index (χ0n) is 8.08. The Kier molecular flexibility index (Phi) is 1.77. The Morgan fingerprint density at radius 1 is 1.43 bits per heavy atom. The quantitative estimate of drug-likeness (QED) is 0.724. The fourth-order valence-corrected chi connectivity index (χ4v) is 2.23. The zero-order valence-corrected chi connectivity index (χ0v) is 8.08. The van der Waals surface area contributed by atoms with Gasteiger partial charge in [-0.1, -0.05) is 0 Å². The van der Waals surface area contributed by atoms with Crippen LogP contribution in [-0.4, -0.2) is 16.4 Å². The van der Waals surface area contributed by atoms with Gasteiger partial charge >= 0.3 is 0 Å². The predicted octanol–water partition coefficient (Wildman–Crippen LogP) is 0.974. The number of rotatable bonds is 1. The van der Waals surface area contributed by atoms with Crippen molar-refractivity contribution in [1.82, 2.24) is 9.78 Å². The van der Waals surface area contributed by atoms with Crippen molar-refractivity contribution in [3.05, 3.63) is 21.6 Å². The second-order valence-electron chi connectivity index (χ2n) is 4.12. The van der Waals surface area contributed by atoms with E-state index in [1.807, 2.05) is 4.68 Å². The monoisotopic (exact) mass is 194 g/mol. The van der Waals surface area contributed by atoms with Crippen molar-refractivity contribution < 1.29 is 4.74 Å². The summed E-state index contributed by atoms with van der Waals surface area (Å²) in [7, 11) is 0. The maximum Gasteiger partial charge on any atom is 0.267 e. The molecule has 2 heterocycles. The number of aromatic nitrogens is 2. The molecule has 0 aromatic carbocycles. The van der Waals surface area contributed by atoms with E-state index in [1.54, 1.807) is 0 Å². The van der Waals surface area contributed by atoms with Crippen LogP contribution in [0.25, 0.3) is 0 Å². The Bertz CT molecular complexity index is 401. The van der Waals surface area contributed by atoms with Crippen molar-refractivity contribution >= 4 is 0 Å². The molecule has 0 spiro atoms. The molecule has 1 fully saturated rings.